The van der Waals surface area contributed by atoms with E-state index in [1.165, 1.54) is 6.42 Å². The lowest BCUT2D eigenvalue weighted by molar-refractivity contribution is 0.0964. The molecule has 16 heavy (non-hydrogen) atoms. The molecule has 2 rings (SSSR count). The molecule has 1 fully saturated rings. The zero-order valence-corrected chi connectivity index (χ0v) is 9.39. The Labute approximate surface area is 96.5 Å². The van der Waals surface area contributed by atoms with Gasteiger partial charge < -0.3 is 5.11 Å². The normalized spacial score (nSPS) is 21.0. The highest BCUT2D eigenvalue weighted by Gasteiger charge is 2.40. The van der Waals surface area contributed by atoms with E-state index in [0.717, 1.165) is 31.2 Å². The van der Waals surface area contributed by atoms with Crippen LogP contribution in [0, 0.1) is 11.3 Å². The average molecular weight is 215 g/mol. The third-order valence-corrected chi connectivity index (χ3v) is 3.74. The fourth-order valence-corrected chi connectivity index (χ4v) is 2.80. The number of nitrogens with zero attached hydrogens (tertiary/aromatic N) is 1. The van der Waals surface area contributed by atoms with Gasteiger partial charge in [0.05, 0.1) is 6.07 Å². The van der Waals surface area contributed by atoms with Gasteiger partial charge in [-0.05, 0) is 18.4 Å². The van der Waals surface area contributed by atoms with E-state index in [2.05, 4.69) is 0 Å². The summed E-state index contributed by atoms with van der Waals surface area (Å²) in [7, 11) is 0. The zero-order valence-electron chi connectivity index (χ0n) is 9.39. The molecule has 0 heterocycles. The molecule has 0 aliphatic heterocycles. The fraction of sp³-hybridized carbons (Fsp3) is 0.500. The van der Waals surface area contributed by atoms with Crippen molar-refractivity contribution in [1.82, 2.24) is 0 Å². The zero-order chi connectivity index (χ0) is 11.4. The van der Waals surface area contributed by atoms with Crippen LogP contribution < -0.4 is 0 Å². The van der Waals surface area contributed by atoms with E-state index in [-0.39, 0.29) is 5.41 Å². The molecule has 1 aliphatic rings. The van der Waals surface area contributed by atoms with Crippen molar-refractivity contribution in [3.05, 3.63) is 35.9 Å². The van der Waals surface area contributed by atoms with Crippen LogP contribution >= 0.6 is 0 Å². The molecule has 0 spiro atoms. The Kier molecular flexibility index (Phi) is 3.26. The quantitative estimate of drug-likeness (QED) is 0.771. The summed E-state index contributed by atoms with van der Waals surface area (Å²) in [5.41, 5.74) is 0.789. The molecule has 0 saturated heterocycles. The predicted molar refractivity (Wildman–Crippen MR) is 62.8 cm³/mol. The van der Waals surface area contributed by atoms with Gasteiger partial charge in [0.25, 0.3) is 0 Å². The Morgan fingerprint density at radius 3 is 2.31 bits per heavy atom. The Bertz CT molecular complexity index is 373. The van der Waals surface area contributed by atoms with Gasteiger partial charge in [-0.1, -0.05) is 49.6 Å². The van der Waals surface area contributed by atoms with E-state index in [1.54, 1.807) is 0 Å². The highest BCUT2D eigenvalue weighted by atomic mass is 16.3. The lowest BCUT2D eigenvalue weighted by atomic mass is 9.66. The number of hydrogen-bond donors (Lipinski definition) is 1. The Balaban J connectivity index is 2.38. The second kappa shape index (κ2) is 4.67. The van der Waals surface area contributed by atoms with Gasteiger partial charge in [-0.15, -0.1) is 0 Å². The minimum absolute atomic E-state index is 0.325. The minimum atomic E-state index is -0.879. The second-order valence-corrected chi connectivity index (χ2v) is 4.61. The Hall–Kier alpha value is -1.33. The molecule has 1 unspecified atom stereocenters. The molecule has 2 heteroatoms. The van der Waals surface area contributed by atoms with Gasteiger partial charge in [0.1, 0.15) is 6.10 Å². The summed E-state index contributed by atoms with van der Waals surface area (Å²) in [4.78, 5) is 0. The number of hydrogen-bond acceptors (Lipinski definition) is 2. The maximum absolute atomic E-state index is 10.0. The van der Waals surface area contributed by atoms with Crippen LogP contribution in [0.1, 0.15) is 37.7 Å². The smallest absolute Gasteiger partial charge is 0.150 e. The molecule has 0 bridgehead atoms. The number of rotatable bonds is 2. The second-order valence-electron chi connectivity index (χ2n) is 4.61. The maximum atomic E-state index is 10.0. The first-order valence-electron chi connectivity index (χ1n) is 5.93. The summed E-state index contributed by atoms with van der Waals surface area (Å²) >= 11 is 0. The monoisotopic (exact) mass is 215 g/mol. The lowest BCUT2D eigenvalue weighted by Gasteiger charge is -2.38. The number of aliphatic hydroxyl groups is 1. The molecule has 2 nitrogen and oxygen atoms in total. The summed E-state index contributed by atoms with van der Waals surface area (Å²) in [6, 6.07) is 12.0. The van der Waals surface area contributed by atoms with Gasteiger partial charge in [-0.25, -0.2) is 0 Å². The molecule has 1 aromatic carbocycles. The molecule has 0 radical (unpaired) electrons. The molecule has 1 saturated carbocycles. The van der Waals surface area contributed by atoms with E-state index in [1.807, 2.05) is 36.4 Å². The lowest BCUT2D eigenvalue weighted by Crippen LogP contribution is -2.40. The number of nitriles is 1. The third-order valence-electron chi connectivity index (χ3n) is 3.74. The van der Waals surface area contributed by atoms with Crippen LogP contribution in [-0.4, -0.2) is 11.2 Å². The van der Waals surface area contributed by atoms with E-state index >= 15 is 0 Å². The van der Waals surface area contributed by atoms with Crippen molar-refractivity contribution < 1.29 is 5.11 Å². The molecular formula is C14H17NO. The predicted octanol–water partition coefficient (Wildman–Crippen LogP) is 2.77. The molecule has 1 N–H and O–H groups in total. The van der Waals surface area contributed by atoms with Gasteiger partial charge in [0, 0.05) is 5.41 Å². The van der Waals surface area contributed by atoms with Gasteiger partial charge in [0.15, 0.2) is 0 Å². The van der Waals surface area contributed by atoms with Crippen LogP contribution in [-0.2, 0) is 5.41 Å². The largest absolute Gasteiger partial charge is 0.377 e. The van der Waals surface area contributed by atoms with Crippen LogP contribution in [0.25, 0.3) is 0 Å². The van der Waals surface area contributed by atoms with Gasteiger partial charge >= 0.3 is 0 Å². The van der Waals surface area contributed by atoms with Crippen molar-refractivity contribution in [2.75, 3.05) is 0 Å². The topological polar surface area (TPSA) is 44.0 Å². The van der Waals surface area contributed by atoms with Gasteiger partial charge in [0.2, 0.25) is 0 Å². The van der Waals surface area contributed by atoms with Crippen molar-refractivity contribution in [2.24, 2.45) is 0 Å². The van der Waals surface area contributed by atoms with E-state index in [9.17, 15) is 5.11 Å². The summed E-state index contributed by atoms with van der Waals surface area (Å²) in [6.45, 7) is 0. The summed E-state index contributed by atoms with van der Waals surface area (Å²) in [5, 5.41) is 19.0. The molecule has 1 aliphatic carbocycles. The van der Waals surface area contributed by atoms with Crippen molar-refractivity contribution in [1.29, 1.82) is 5.26 Å². The Morgan fingerprint density at radius 1 is 1.12 bits per heavy atom. The molecule has 1 aromatic rings. The molecule has 84 valence electrons. The summed E-state index contributed by atoms with van der Waals surface area (Å²) in [5.74, 6) is 0. The SMILES string of the molecule is N#CC(O)C1(c2ccccc2)CCCCC1. The number of benzene rings is 1. The summed E-state index contributed by atoms with van der Waals surface area (Å²) in [6.07, 6.45) is 4.39. The van der Waals surface area contributed by atoms with Crippen molar-refractivity contribution in [3.63, 3.8) is 0 Å². The van der Waals surface area contributed by atoms with Crippen molar-refractivity contribution in [2.45, 2.75) is 43.6 Å². The van der Waals surface area contributed by atoms with Crippen LogP contribution in [0.4, 0.5) is 0 Å². The molecule has 0 amide bonds. The first-order chi connectivity index (χ1) is 7.79. The molecule has 1 atom stereocenters. The first-order valence-corrected chi connectivity index (χ1v) is 5.93. The van der Waals surface area contributed by atoms with Crippen LogP contribution in [0.2, 0.25) is 0 Å². The Morgan fingerprint density at radius 2 is 1.75 bits per heavy atom. The minimum Gasteiger partial charge on any atom is -0.377 e. The van der Waals surface area contributed by atoms with Gasteiger partial charge in [-0.3, -0.25) is 0 Å². The van der Waals surface area contributed by atoms with E-state index in [4.69, 9.17) is 5.26 Å². The standard InChI is InChI=1S/C14H17NO/c15-11-13(16)14(9-5-2-6-10-14)12-7-3-1-4-8-12/h1,3-4,7-8,13,16H,2,5-6,9-10H2. The van der Waals surface area contributed by atoms with Crippen molar-refractivity contribution in [3.8, 4) is 6.07 Å². The van der Waals surface area contributed by atoms with Gasteiger partial charge in [-0.2, -0.15) is 5.26 Å². The van der Waals surface area contributed by atoms with E-state index in [0.29, 0.717) is 0 Å². The average Bonchev–Trinajstić information content (AvgIpc) is 2.39. The molecule has 0 aromatic heterocycles. The van der Waals surface area contributed by atoms with Crippen LogP contribution in [0.15, 0.2) is 30.3 Å². The highest BCUT2D eigenvalue weighted by molar-refractivity contribution is 5.30. The van der Waals surface area contributed by atoms with E-state index < -0.39 is 6.10 Å². The fourth-order valence-electron chi connectivity index (χ4n) is 2.80. The van der Waals surface area contributed by atoms with Crippen molar-refractivity contribution >= 4 is 0 Å². The highest BCUT2D eigenvalue weighted by Crippen LogP contribution is 2.41. The maximum Gasteiger partial charge on any atom is 0.150 e. The third kappa shape index (κ3) is 1.83. The molecular weight excluding hydrogens is 198 g/mol. The first kappa shape index (κ1) is 11.2. The number of aliphatic hydroxyl groups excluding tert-OH is 1. The van der Waals surface area contributed by atoms with Crippen LogP contribution in [0.3, 0.4) is 0 Å². The summed E-state index contributed by atoms with van der Waals surface area (Å²) < 4.78 is 0. The van der Waals surface area contributed by atoms with Crippen LogP contribution in [0.5, 0.6) is 0 Å².